The van der Waals surface area contributed by atoms with E-state index in [1.165, 1.54) is 6.07 Å². The average molecular weight is 259 g/mol. The Bertz CT molecular complexity index is 581. The summed E-state index contributed by atoms with van der Waals surface area (Å²) < 4.78 is 18.9. The van der Waals surface area contributed by atoms with Crippen LogP contribution < -0.4 is 10.1 Å². The molecule has 0 radical (unpaired) electrons. The van der Waals surface area contributed by atoms with Gasteiger partial charge < -0.3 is 10.1 Å². The maximum absolute atomic E-state index is 13.5. The summed E-state index contributed by atoms with van der Waals surface area (Å²) in [5.74, 6) is 0.685. The van der Waals surface area contributed by atoms with Crippen molar-refractivity contribution in [2.45, 2.75) is 20.4 Å². The van der Waals surface area contributed by atoms with Crippen LogP contribution in [0.5, 0.6) is 5.75 Å². The second kappa shape index (κ2) is 5.74. The molecule has 1 N–H and O–H groups in total. The molecule has 0 unspecified atom stereocenters. The first kappa shape index (κ1) is 13.4. The largest absolute Gasteiger partial charge is 0.496 e. The minimum atomic E-state index is -0.188. The molecule has 0 aromatic heterocycles. The summed E-state index contributed by atoms with van der Waals surface area (Å²) in [5.41, 5.74) is 3.75. The minimum absolute atomic E-state index is 0.188. The molecule has 0 fully saturated rings. The van der Waals surface area contributed by atoms with Gasteiger partial charge in [-0.25, -0.2) is 4.39 Å². The molecule has 2 aromatic rings. The number of ether oxygens (including phenoxy) is 1. The molecular formula is C16H18FNO. The molecule has 19 heavy (non-hydrogen) atoms. The van der Waals surface area contributed by atoms with Gasteiger partial charge in [-0.05, 0) is 31.5 Å². The summed E-state index contributed by atoms with van der Waals surface area (Å²) in [4.78, 5) is 0. The minimum Gasteiger partial charge on any atom is -0.496 e. The molecule has 100 valence electrons. The van der Waals surface area contributed by atoms with Gasteiger partial charge in [0.05, 0.1) is 7.11 Å². The number of hydrogen-bond donors (Lipinski definition) is 1. The number of aryl methyl sites for hydroxylation is 1. The van der Waals surface area contributed by atoms with E-state index in [9.17, 15) is 4.39 Å². The first-order valence-electron chi connectivity index (χ1n) is 6.25. The van der Waals surface area contributed by atoms with Gasteiger partial charge in [0, 0.05) is 23.4 Å². The maximum atomic E-state index is 13.5. The van der Waals surface area contributed by atoms with Crippen LogP contribution in [0.3, 0.4) is 0 Å². The van der Waals surface area contributed by atoms with Gasteiger partial charge in [0.25, 0.3) is 0 Å². The molecule has 0 bridgehead atoms. The highest BCUT2D eigenvalue weighted by Gasteiger charge is 2.08. The lowest BCUT2D eigenvalue weighted by atomic mass is 10.1. The summed E-state index contributed by atoms with van der Waals surface area (Å²) in [6.07, 6.45) is 0. The number of methoxy groups -OCH3 is 1. The van der Waals surface area contributed by atoms with Crippen LogP contribution in [0.1, 0.15) is 16.7 Å². The van der Waals surface area contributed by atoms with Crippen molar-refractivity contribution in [3.8, 4) is 5.75 Å². The quantitative estimate of drug-likeness (QED) is 0.894. The fourth-order valence-corrected chi connectivity index (χ4v) is 2.16. The third-order valence-corrected chi connectivity index (χ3v) is 3.23. The summed E-state index contributed by atoms with van der Waals surface area (Å²) in [5, 5.41) is 3.25. The molecule has 0 aliphatic carbocycles. The number of halogens is 1. The number of benzene rings is 2. The third kappa shape index (κ3) is 2.87. The number of anilines is 1. The monoisotopic (exact) mass is 259 g/mol. The second-order valence-electron chi connectivity index (χ2n) is 4.53. The standard InChI is InChI=1S/C16H18FNO/c1-11-8-9-15(12(2)16(11)19-3)18-10-13-6-4-5-7-14(13)17/h4-9,18H,10H2,1-3H3. The lowest BCUT2D eigenvalue weighted by Gasteiger charge is -2.15. The van der Waals surface area contributed by atoms with Crippen LogP contribution in [0.4, 0.5) is 10.1 Å². The zero-order chi connectivity index (χ0) is 13.8. The predicted octanol–water partition coefficient (Wildman–Crippen LogP) is 4.06. The molecular weight excluding hydrogens is 241 g/mol. The number of nitrogens with one attached hydrogen (secondary N) is 1. The van der Waals surface area contributed by atoms with Crippen LogP contribution >= 0.6 is 0 Å². The van der Waals surface area contributed by atoms with Gasteiger partial charge in [-0.3, -0.25) is 0 Å². The Balaban J connectivity index is 2.19. The smallest absolute Gasteiger partial charge is 0.128 e. The van der Waals surface area contributed by atoms with E-state index in [1.54, 1.807) is 19.2 Å². The molecule has 2 rings (SSSR count). The van der Waals surface area contributed by atoms with E-state index in [0.29, 0.717) is 12.1 Å². The maximum Gasteiger partial charge on any atom is 0.128 e. The van der Waals surface area contributed by atoms with Crippen molar-refractivity contribution in [3.63, 3.8) is 0 Å². The fourth-order valence-electron chi connectivity index (χ4n) is 2.16. The van der Waals surface area contributed by atoms with E-state index >= 15 is 0 Å². The molecule has 2 nitrogen and oxygen atoms in total. The van der Waals surface area contributed by atoms with Crippen molar-refractivity contribution >= 4 is 5.69 Å². The topological polar surface area (TPSA) is 21.3 Å². The highest BCUT2D eigenvalue weighted by Crippen LogP contribution is 2.29. The van der Waals surface area contributed by atoms with Crippen molar-refractivity contribution < 1.29 is 9.13 Å². The van der Waals surface area contributed by atoms with Gasteiger partial charge in [0.15, 0.2) is 0 Å². The zero-order valence-corrected chi connectivity index (χ0v) is 11.5. The molecule has 3 heteroatoms. The van der Waals surface area contributed by atoms with E-state index in [-0.39, 0.29) is 5.82 Å². The highest BCUT2D eigenvalue weighted by atomic mass is 19.1. The lowest BCUT2D eigenvalue weighted by molar-refractivity contribution is 0.409. The SMILES string of the molecule is COc1c(C)ccc(NCc2ccccc2F)c1C. The van der Waals surface area contributed by atoms with Crippen molar-refractivity contribution in [2.24, 2.45) is 0 Å². The molecule has 0 atom stereocenters. The Morgan fingerprint density at radius 3 is 2.53 bits per heavy atom. The second-order valence-corrected chi connectivity index (χ2v) is 4.53. The van der Waals surface area contributed by atoms with E-state index in [1.807, 2.05) is 32.0 Å². The molecule has 0 spiro atoms. The van der Waals surface area contributed by atoms with Crippen molar-refractivity contribution in [2.75, 3.05) is 12.4 Å². The van der Waals surface area contributed by atoms with Crippen molar-refractivity contribution in [3.05, 3.63) is 58.9 Å². The molecule has 0 saturated carbocycles. The molecule has 0 amide bonds. The molecule has 0 saturated heterocycles. The average Bonchev–Trinajstić information content (AvgIpc) is 2.40. The number of hydrogen-bond acceptors (Lipinski definition) is 2. The highest BCUT2D eigenvalue weighted by molar-refractivity contribution is 5.59. The summed E-state index contributed by atoms with van der Waals surface area (Å²) in [7, 11) is 1.66. The Morgan fingerprint density at radius 1 is 1.11 bits per heavy atom. The predicted molar refractivity (Wildman–Crippen MR) is 76.2 cm³/mol. The van der Waals surface area contributed by atoms with Gasteiger partial charge in [0.1, 0.15) is 11.6 Å². The number of rotatable bonds is 4. The van der Waals surface area contributed by atoms with Gasteiger partial charge in [-0.1, -0.05) is 24.3 Å². The van der Waals surface area contributed by atoms with Gasteiger partial charge in [-0.2, -0.15) is 0 Å². The van der Waals surface area contributed by atoms with Crippen LogP contribution in [0.2, 0.25) is 0 Å². The summed E-state index contributed by atoms with van der Waals surface area (Å²) >= 11 is 0. The van der Waals surface area contributed by atoms with Crippen molar-refractivity contribution in [1.29, 1.82) is 0 Å². The fraction of sp³-hybridized carbons (Fsp3) is 0.250. The Hall–Kier alpha value is -2.03. The third-order valence-electron chi connectivity index (χ3n) is 3.23. The zero-order valence-electron chi connectivity index (χ0n) is 11.5. The van der Waals surface area contributed by atoms with E-state index < -0.39 is 0 Å². The Labute approximate surface area is 113 Å². The molecule has 0 heterocycles. The lowest BCUT2D eigenvalue weighted by Crippen LogP contribution is -2.04. The van der Waals surface area contributed by atoms with Gasteiger partial charge in [-0.15, -0.1) is 0 Å². The van der Waals surface area contributed by atoms with E-state index in [2.05, 4.69) is 5.32 Å². The Kier molecular flexibility index (Phi) is 4.05. The first-order valence-corrected chi connectivity index (χ1v) is 6.25. The van der Waals surface area contributed by atoms with Crippen LogP contribution in [0.25, 0.3) is 0 Å². The van der Waals surface area contributed by atoms with Crippen LogP contribution in [-0.2, 0) is 6.54 Å². The Morgan fingerprint density at radius 2 is 1.84 bits per heavy atom. The van der Waals surface area contributed by atoms with Gasteiger partial charge >= 0.3 is 0 Å². The molecule has 2 aromatic carbocycles. The van der Waals surface area contributed by atoms with E-state index in [4.69, 9.17) is 4.74 Å². The van der Waals surface area contributed by atoms with Gasteiger partial charge in [0.2, 0.25) is 0 Å². The summed E-state index contributed by atoms with van der Waals surface area (Å²) in [6.45, 7) is 4.46. The van der Waals surface area contributed by atoms with Crippen LogP contribution in [0, 0.1) is 19.7 Å². The first-order chi connectivity index (χ1) is 9.13. The van der Waals surface area contributed by atoms with Crippen LogP contribution in [-0.4, -0.2) is 7.11 Å². The van der Waals surface area contributed by atoms with Crippen molar-refractivity contribution in [1.82, 2.24) is 0 Å². The normalized spacial score (nSPS) is 10.3. The molecule has 0 aliphatic heterocycles. The molecule has 0 aliphatic rings. The van der Waals surface area contributed by atoms with E-state index in [0.717, 1.165) is 22.6 Å². The summed E-state index contributed by atoms with van der Waals surface area (Å²) in [6, 6.07) is 10.8. The van der Waals surface area contributed by atoms with Crippen LogP contribution in [0.15, 0.2) is 36.4 Å².